The molecule has 2 aliphatic rings. The van der Waals surface area contributed by atoms with Gasteiger partial charge in [-0.15, -0.1) is 12.4 Å². The summed E-state index contributed by atoms with van der Waals surface area (Å²) in [5.41, 5.74) is 0. The maximum absolute atomic E-state index is 12.6. The van der Waals surface area contributed by atoms with Gasteiger partial charge in [0, 0.05) is 13.1 Å². The minimum absolute atomic E-state index is 0. The van der Waals surface area contributed by atoms with E-state index < -0.39 is 6.10 Å². The second-order valence-electron chi connectivity index (χ2n) is 6.27. The number of nitrogens with zero attached hydrogens (tertiary/aromatic N) is 1. The van der Waals surface area contributed by atoms with Crippen LogP contribution in [0, 0.1) is 11.8 Å². The normalized spacial score (nSPS) is 25.0. The number of carbonyl (C=O) groups excluding carboxylic acids is 1. The zero-order valence-corrected chi connectivity index (χ0v) is 14.9. The summed E-state index contributed by atoms with van der Waals surface area (Å²) in [6, 6.07) is 7.28. The lowest BCUT2D eigenvalue weighted by molar-refractivity contribution is -0.137. The smallest absolute Gasteiger partial charge is 0.263 e. The molecule has 0 saturated carbocycles. The summed E-state index contributed by atoms with van der Waals surface area (Å²) in [6.07, 6.45) is 1.67. The largest absolute Gasteiger partial charge is 0.479 e. The lowest BCUT2D eigenvalue weighted by atomic mass is 9.92. The van der Waals surface area contributed by atoms with E-state index in [2.05, 4.69) is 5.32 Å². The third kappa shape index (κ3) is 4.31. The molecule has 6 heteroatoms. The van der Waals surface area contributed by atoms with E-state index in [9.17, 15) is 4.79 Å². The molecule has 1 unspecified atom stereocenters. The molecule has 0 aliphatic carbocycles. The van der Waals surface area contributed by atoms with Gasteiger partial charge in [-0.1, -0.05) is 23.7 Å². The zero-order valence-electron chi connectivity index (χ0n) is 13.3. The van der Waals surface area contributed by atoms with Gasteiger partial charge in [0.2, 0.25) is 0 Å². The van der Waals surface area contributed by atoms with E-state index in [1.807, 2.05) is 17.0 Å². The molecule has 4 nitrogen and oxygen atoms in total. The fourth-order valence-electron chi connectivity index (χ4n) is 3.48. The fourth-order valence-corrected chi connectivity index (χ4v) is 3.66. The summed E-state index contributed by atoms with van der Waals surface area (Å²) in [4.78, 5) is 14.6. The van der Waals surface area contributed by atoms with Gasteiger partial charge in [0.1, 0.15) is 5.75 Å². The molecule has 0 aromatic heterocycles. The van der Waals surface area contributed by atoms with Crippen molar-refractivity contribution in [1.82, 2.24) is 10.2 Å². The SMILES string of the molecule is CC(Oc1ccccc1Cl)C(=O)N1CC[C@@H]2CNC[C@@H]2CC1.Cl. The highest BCUT2D eigenvalue weighted by Crippen LogP contribution is 2.28. The van der Waals surface area contributed by atoms with Gasteiger partial charge < -0.3 is 15.0 Å². The van der Waals surface area contributed by atoms with Crippen LogP contribution in [-0.4, -0.2) is 43.1 Å². The van der Waals surface area contributed by atoms with Crippen LogP contribution < -0.4 is 10.1 Å². The van der Waals surface area contributed by atoms with Crippen molar-refractivity contribution in [3.63, 3.8) is 0 Å². The number of fused-ring (bicyclic) bond motifs is 1. The molecule has 128 valence electrons. The number of hydrogen-bond acceptors (Lipinski definition) is 3. The van der Waals surface area contributed by atoms with Gasteiger partial charge in [-0.25, -0.2) is 0 Å². The summed E-state index contributed by atoms with van der Waals surface area (Å²) in [5.74, 6) is 2.07. The maximum Gasteiger partial charge on any atom is 0.263 e. The van der Waals surface area contributed by atoms with E-state index >= 15 is 0 Å². The predicted molar refractivity (Wildman–Crippen MR) is 94.5 cm³/mol. The minimum atomic E-state index is -0.504. The number of benzene rings is 1. The first kappa shape index (κ1) is 18.4. The number of amides is 1. The van der Waals surface area contributed by atoms with Crippen molar-refractivity contribution in [3.8, 4) is 5.75 Å². The van der Waals surface area contributed by atoms with Gasteiger partial charge >= 0.3 is 0 Å². The molecule has 23 heavy (non-hydrogen) atoms. The second kappa shape index (κ2) is 8.22. The molecule has 2 aliphatic heterocycles. The Bertz CT molecular complexity index is 527. The summed E-state index contributed by atoms with van der Waals surface area (Å²) >= 11 is 6.09. The van der Waals surface area contributed by atoms with Crippen LogP contribution in [0.2, 0.25) is 5.02 Å². The Morgan fingerprint density at radius 3 is 2.48 bits per heavy atom. The molecule has 0 radical (unpaired) electrons. The molecule has 1 amide bonds. The Morgan fingerprint density at radius 1 is 1.26 bits per heavy atom. The fraction of sp³-hybridized carbons (Fsp3) is 0.588. The summed E-state index contributed by atoms with van der Waals surface area (Å²) < 4.78 is 5.76. The number of ether oxygens (including phenoxy) is 1. The third-order valence-corrected chi connectivity index (χ3v) is 5.13. The molecule has 2 fully saturated rings. The summed E-state index contributed by atoms with van der Waals surface area (Å²) in [5, 5.41) is 4.00. The number of hydrogen-bond donors (Lipinski definition) is 1. The quantitative estimate of drug-likeness (QED) is 0.902. The lowest BCUT2D eigenvalue weighted by Crippen LogP contribution is -2.41. The Morgan fingerprint density at radius 2 is 1.87 bits per heavy atom. The number of halogens is 2. The molecule has 2 saturated heterocycles. The number of nitrogens with one attached hydrogen (secondary N) is 1. The van der Waals surface area contributed by atoms with Crippen LogP contribution in [-0.2, 0) is 4.79 Å². The van der Waals surface area contributed by atoms with E-state index in [-0.39, 0.29) is 18.3 Å². The van der Waals surface area contributed by atoms with Crippen molar-refractivity contribution in [2.45, 2.75) is 25.9 Å². The lowest BCUT2D eigenvalue weighted by Gasteiger charge is -2.25. The Balaban J connectivity index is 0.00000192. The van der Waals surface area contributed by atoms with Gasteiger partial charge in [0.25, 0.3) is 5.91 Å². The van der Waals surface area contributed by atoms with Crippen molar-refractivity contribution in [2.24, 2.45) is 11.8 Å². The van der Waals surface area contributed by atoms with Crippen LogP contribution in [0.3, 0.4) is 0 Å². The molecular formula is C17H24Cl2N2O2. The highest BCUT2D eigenvalue weighted by molar-refractivity contribution is 6.32. The average molecular weight is 359 g/mol. The van der Waals surface area contributed by atoms with Crippen molar-refractivity contribution in [2.75, 3.05) is 26.2 Å². The molecule has 0 bridgehead atoms. The Hall–Kier alpha value is -0.970. The first-order valence-electron chi connectivity index (χ1n) is 8.06. The number of likely N-dealkylation sites (tertiary alicyclic amines) is 1. The van der Waals surface area contributed by atoms with Crippen LogP contribution in [0.5, 0.6) is 5.75 Å². The highest BCUT2D eigenvalue weighted by atomic mass is 35.5. The highest BCUT2D eigenvalue weighted by Gasteiger charge is 2.32. The maximum atomic E-state index is 12.6. The van der Waals surface area contributed by atoms with Crippen LogP contribution >= 0.6 is 24.0 Å². The van der Waals surface area contributed by atoms with Crippen molar-refractivity contribution < 1.29 is 9.53 Å². The van der Waals surface area contributed by atoms with Crippen LogP contribution in [0.4, 0.5) is 0 Å². The van der Waals surface area contributed by atoms with Crippen molar-refractivity contribution in [3.05, 3.63) is 29.3 Å². The monoisotopic (exact) mass is 358 g/mol. The van der Waals surface area contributed by atoms with E-state index in [0.29, 0.717) is 10.8 Å². The van der Waals surface area contributed by atoms with Gasteiger partial charge in [0.05, 0.1) is 5.02 Å². The van der Waals surface area contributed by atoms with E-state index in [1.165, 1.54) is 0 Å². The zero-order chi connectivity index (χ0) is 15.5. The second-order valence-corrected chi connectivity index (χ2v) is 6.68. The predicted octanol–water partition coefficient (Wildman–Crippen LogP) is 2.99. The molecule has 1 aromatic carbocycles. The van der Waals surface area contributed by atoms with Gasteiger partial charge in [-0.3, -0.25) is 4.79 Å². The molecule has 2 heterocycles. The van der Waals surface area contributed by atoms with E-state index in [1.54, 1.807) is 19.1 Å². The van der Waals surface area contributed by atoms with Crippen molar-refractivity contribution in [1.29, 1.82) is 0 Å². The Labute approximate surface area is 148 Å². The molecule has 3 atom stereocenters. The number of carbonyl (C=O) groups is 1. The summed E-state index contributed by atoms with van der Waals surface area (Å²) in [6.45, 7) is 5.66. The molecule has 1 N–H and O–H groups in total. The van der Waals surface area contributed by atoms with Crippen LogP contribution in [0.1, 0.15) is 19.8 Å². The van der Waals surface area contributed by atoms with Crippen LogP contribution in [0.15, 0.2) is 24.3 Å². The number of para-hydroxylation sites is 1. The van der Waals surface area contributed by atoms with E-state index in [0.717, 1.165) is 50.9 Å². The molecule has 1 aromatic rings. The minimum Gasteiger partial charge on any atom is -0.479 e. The van der Waals surface area contributed by atoms with E-state index in [4.69, 9.17) is 16.3 Å². The van der Waals surface area contributed by atoms with Crippen LogP contribution in [0.25, 0.3) is 0 Å². The molecule has 3 rings (SSSR count). The standard InChI is InChI=1S/C17H23ClN2O2.ClH/c1-12(22-16-5-3-2-4-15(16)18)17(21)20-8-6-13-10-19-11-14(13)7-9-20;/h2-5,12-14,19H,6-11H2,1H3;1H/t12?,13-,14+;. The first-order chi connectivity index (χ1) is 10.6. The van der Waals surface area contributed by atoms with Gasteiger partial charge in [0.15, 0.2) is 6.10 Å². The topological polar surface area (TPSA) is 41.6 Å². The number of rotatable bonds is 3. The molecule has 0 spiro atoms. The average Bonchev–Trinajstić information content (AvgIpc) is 2.87. The van der Waals surface area contributed by atoms with Gasteiger partial charge in [-0.2, -0.15) is 0 Å². The van der Waals surface area contributed by atoms with Gasteiger partial charge in [-0.05, 0) is 56.8 Å². The third-order valence-electron chi connectivity index (χ3n) is 4.82. The Kier molecular flexibility index (Phi) is 6.57. The summed E-state index contributed by atoms with van der Waals surface area (Å²) in [7, 11) is 0. The van der Waals surface area contributed by atoms with Crippen molar-refractivity contribution >= 4 is 29.9 Å². The first-order valence-corrected chi connectivity index (χ1v) is 8.43. The molecular weight excluding hydrogens is 335 g/mol.